The van der Waals surface area contributed by atoms with E-state index < -0.39 is 28.2 Å². The molecular weight excluding hydrogens is 1060 g/mol. The third-order valence-corrected chi connectivity index (χ3v) is 27.1. The first-order valence-corrected chi connectivity index (χ1v) is 30.8. The highest BCUT2D eigenvalue weighted by molar-refractivity contribution is 6.82. The van der Waals surface area contributed by atoms with Crippen LogP contribution in [0.3, 0.4) is 0 Å². The highest BCUT2D eigenvalue weighted by Crippen LogP contribution is 2.96. The lowest BCUT2D eigenvalue weighted by atomic mass is 9.68. The van der Waals surface area contributed by atoms with Gasteiger partial charge in [-0.15, -0.1) is 0 Å². The van der Waals surface area contributed by atoms with Gasteiger partial charge in [0.1, 0.15) is 13.2 Å². The Balaban J connectivity index is 0.890. The molecule has 85 heavy (non-hydrogen) atoms. The molecule has 10 nitrogen and oxygen atoms in total. The average Bonchev–Trinajstić information content (AvgIpc) is 1.36. The smallest absolute Gasteiger partial charge is 0.326 e. The number of benzene rings is 18. The number of carbonyl (C=O) groups excluding carboxylic acids is 2. The highest BCUT2D eigenvalue weighted by Gasteiger charge is 3.01. The predicted molar refractivity (Wildman–Crippen MR) is 336 cm³/mol. The van der Waals surface area contributed by atoms with Gasteiger partial charge in [0.25, 0.3) is 0 Å². The fraction of sp³-hybridized carbons (Fsp3) is 0.200. The SMILES string of the molecule is O=C(OCCOCCOCCO)C1(C(=O)OCCOCCOCCO)C23c4c5c6c7c8c9c(c%10c%11c2c2c4c4c%12c5c5c6c6c8c8c%13c9c9c%10c%10c%11c%11c2c2c4c4c%12c%12c5c5c6c8c6c8c%13c9c9c%10c%10c%11c2c2c4c4c%12c5c6c5c8c9c%10c2c45)C713. The van der Waals surface area contributed by atoms with Crippen molar-refractivity contribution < 1.29 is 48.2 Å². The first-order chi connectivity index (χ1) is 42.2. The molecule has 0 atom stereocenters. The standard InChI is InChI=1S/C75H26O10/c76-1-3-80-5-7-82-9-11-84-71(78)75(72(79)85-12-10-83-8-6-81-4-2-77)73-67-59-51-41-31-23-15-13-14-17-21-19(15)27-35-29(21)39-33-25(17)26-18(14)22-20-16(13)24(23)32-38-28(20)36-30(22)40-34(26)44-43(33)53-47(39)57-49(35)55(45(51)37(27)31)63(67)65(57)69-61(53)62-54(44)48(40)58-50(36)56-46(38)52(42(32)41)60(59)68(73)64(56)66(58)70(62)74(69,73)75/h76-77H,1-12H2. The van der Waals surface area contributed by atoms with Crippen molar-refractivity contribution in [2.24, 2.45) is 5.41 Å². The minimum absolute atomic E-state index is 0.0596. The van der Waals surface area contributed by atoms with E-state index in [4.69, 9.17) is 28.4 Å². The van der Waals surface area contributed by atoms with Crippen LogP contribution in [-0.2, 0) is 48.8 Å². The minimum atomic E-state index is -1.89. The topological polar surface area (TPSA) is 130 Å². The van der Waals surface area contributed by atoms with Crippen LogP contribution in [0.1, 0.15) is 22.3 Å². The molecule has 0 unspecified atom stereocenters. The minimum Gasteiger partial charge on any atom is -0.462 e. The van der Waals surface area contributed by atoms with Gasteiger partial charge in [0.05, 0.1) is 76.9 Å². The Morgan fingerprint density at radius 3 is 0.518 bits per heavy atom. The van der Waals surface area contributed by atoms with Crippen molar-refractivity contribution in [2.45, 2.75) is 10.8 Å². The molecule has 2 spiro atoms. The van der Waals surface area contributed by atoms with Gasteiger partial charge in [-0.3, -0.25) is 9.59 Å². The number of aliphatic hydroxyl groups excluding tert-OH is 2. The van der Waals surface area contributed by atoms with E-state index >= 15 is 9.59 Å². The van der Waals surface area contributed by atoms with Crippen molar-refractivity contribution in [2.75, 3.05) is 79.3 Å². The molecule has 28 aromatic carbocycles. The van der Waals surface area contributed by atoms with Crippen molar-refractivity contribution in [1.82, 2.24) is 0 Å². The molecule has 0 saturated heterocycles. The van der Waals surface area contributed by atoms with Crippen molar-refractivity contribution in [3.63, 3.8) is 0 Å². The first kappa shape index (κ1) is 37.5. The van der Waals surface area contributed by atoms with E-state index in [1.165, 1.54) is 302 Å². The number of hydrogen-bond donors (Lipinski definition) is 2. The number of ether oxygens (including phenoxy) is 6. The summed E-state index contributed by atoms with van der Waals surface area (Å²) in [6.45, 7) is 1.52. The van der Waals surface area contributed by atoms with Crippen molar-refractivity contribution in [1.29, 1.82) is 0 Å². The largest absolute Gasteiger partial charge is 0.462 e. The number of hydrogen-bond acceptors (Lipinski definition) is 10. The van der Waals surface area contributed by atoms with Crippen LogP contribution in [0.25, 0.3) is 291 Å². The summed E-state index contributed by atoms with van der Waals surface area (Å²) in [7, 11) is 0. The Hall–Kier alpha value is -8.84. The second-order valence-electron chi connectivity index (χ2n) is 28.2. The zero-order chi connectivity index (χ0) is 52.9. The summed E-state index contributed by atoms with van der Waals surface area (Å²) in [6, 6.07) is 0. The van der Waals surface area contributed by atoms with E-state index in [9.17, 15) is 10.2 Å². The Labute approximate surface area is 466 Å². The quantitative estimate of drug-likeness (QED) is 0.0371. The Bertz CT molecular complexity index is 7010. The van der Waals surface area contributed by atoms with Crippen molar-refractivity contribution in [3.8, 4) is 0 Å². The molecule has 33 rings (SSSR count). The van der Waals surface area contributed by atoms with E-state index in [-0.39, 0.29) is 66.1 Å². The summed E-state index contributed by atoms with van der Waals surface area (Å²) < 4.78 is 37.2. The van der Waals surface area contributed by atoms with Crippen LogP contribution in [0.15, 0.2) is 0 Å². The summed E-state index contributed by atoms with van der Waals surface area (Å²) in [5.74, 6) is -1.07. The molecule has 0 radical (unpaired) electrons. The number of rotatable bonds is 18. The molecule has 5 aliphatic rings. The molecule has 0 amide bonds. The fourth-order valence-corrected chi connectivity index (χ4v) is 26.6. The lowest BCUT2D eigenvalue weighted by molar-refractivity contribution is -0.168. The van der Waals surface area contributed by atoms with Gasteiger partial charge >= 0.3 is 11.9 Å². The Kier molecular flexibility index (Phi) is 4.25. The summed E-state index contributed by atoms with van der Waals surface area (Å²) in [5, 5.41) is 96.0. The molecular formula is C75H26O10. The van der Waals surface area contributed by atoms with Crippen LogP contribution in [0.5, 0.6) is 0 Å². The lowest BCUT2D eigenvalue weighted by Crippen LogP contribution is -2.39. The van der Waals surface area contributed by atoms with Gasteiger partial charge in [0.15, 0.2) is 5.41 Å². The molecule has 0 aromatic heterocycles. The van der Waals surface area contributed by atoms with Gasteiger partial charge in [-0.05, 0) is 313 Å². The molecule has 0 bridgehead atoms. The van der Waals surface area contributed by atoms with Gasteiger partial charge in [-0.2, -0.15) is 0 Å². The second-order valence-corrected chi connectivity index (χ2v) is 28.2. The Morgan fingerprint density at radius 1 is 0.212 bits per heavy atom. The maximum absolute atomic E-state index is 17.4. The van der Waals surface area contributed by atoms with Gasteiger partial charge in [0, 0.05) is 0 Å². The van der Waals surface area contributed by atoms with Gasteiger partial charge in [-0.1, -0.05) is 0 Å². The van der Waals surface area contributed by atoms with E-state index in [1.54, 1.807) is 10.8 Å². The van der Waals surface area contributed by atoms with Crippen LogP contribution in [0.2, 0.25) is 0 Å². The predicted octanol–water partition coefficient (Wildman–Crippen LogP) is 14.4. The van der Waals surface area contributed by atoms with Crippen LogP contribution >= 0.6 is 0 Å². The van der Waals surface area contributed by atoms with Crippen molar-refractivity contribution in [3.05, 3.63) is 22.3 Å². The molecule has 1 fully saturated rings. The molecule has 2 N–H and O–H groups in total. The Morgan fingerprint density at radius 2 is 0.353 bits per heavy atom. The summed E-state index contributed by atoms with van der Waals surface area (Å²) >= 11 is 0. The molecule has 0 heterocycles. The van der Waals surface area contributed by atoms with Crippen LogP contribution < -0.4 is 0 Å². The molecule has 0 aliphatic heterocycles. The maximum Gasteiger partial charge on any atom is 0.326 e. The zero-order valence-electron chi connectivity index (χ0n) is 44.1. The molecule has 10 heteroatoms. The average molecular weight is 1090 g/mol. The van der Waals surface area contributed by atoms with Crippen LogP contribution in [-0.4, -0.2) is 101 Å². The van der Waals surface area contributed by atoms with E-state index in [2.05, 4.69) is 0 Å². The monoisotopic (exact) mass is 1090 g/mol. The highest BCUT2D eigenvalue weighted by atomic mass is 16.6. The van der Waals surface area contributed by atoms with Gasteiger partial charge < -0.3 is 38.6 Å². The summed E-state index contributed by atoms with van der Waals surface area (Å²) in [4.78, 5) is 34.7. The van der Waals surface area contributed by atoms with Gasteiger partial charge in [-0.25, -0.2) is 0 Å². The molecule has 5 aliphatic carbocycles. The zero-order valence-corrected chi connectivity index (χ0v) is 44.1. The third-order valence-electron chi connectivity index (χ3n) is 27.1. The maximum atomic E-state index is 17.4. The number of carbonyl (C=O) groups is 2. The second kappa shape index (κ2) is 9.63. The summed E-state index contributed by atoms with van der Waals surface area (Å²) in [6.07, 6.45) is 0. The normalized spacial score (nSPS) is 18.7. The fourth-order valence-electron chi connectivity index (χ4n) is 26.6. The van der Waals surface area contributed by atoms with E-state index in [0.29, 0.717) is 13.2 Å². The van der Waals surface area contributed by atoms with E-state index in [0.717, 1.165) is 0 Å². The first-order valence-electron chi connectivity index (χ1n) is 30.8. The lowest BCUT2D eigenvalue weighted by Gasteiger charge is -2.32. The molecule has 386 valence electrons. The molecule has 28 aromatic rings. The van der Waals surface area contributed by atoms with Gasteiger partial charge in [0.2, 0.25) is 0 Å². The third kappa shape index (κ3) is 2.37. The van der Waals surface area contributed by atoms with Crippen LogP contribution in [0, 0.1) is 5.41 Å². The number of aliphatic hydroxyl groups is 2. The number of esters is 2. The summed E-state index contributed by atoms with van der Waals surface area (Å²) in [5.41, 5.74) is 0.405. The van der Waals surface area contributed by atoms with Crippen molar-refractivity contribution >= 4 is 303 Å². The van der Waals surface area contributed by atoms with E-state index in [1.807, 2.05) is 0 Å². The molecule has 1 saturated carbocycles. The van der Waals surface area contributed by atoms with Crippen LogP contribution in [0.4, 0.5) is 0 Å².